The molecule has 2 unspecified atom stereocenters. The summed E-state index contributed by atoms with van der Waals surface area (Å²) >= 11 is 7.87. The van der Waals surface area contributed by atoms with Crippen LogP contribution < -0.4 is 0 Å². The van der Waals surface area contributed by atoms with Gasteiger partial charge in [0.2, 0.25) is 0 Å². The van der Waals surface area contributed by atoms with E-state index in [4.69, 9.17) is 0 Å². The molecule has 0 radical (unpaired) electrons. The van der Waals surface area contributed by atoms with Crippen molar-refractivity contribution in [1.29, 1.82) is 0 Å². The first-order valence-electron chi connectivity index (χ1n) is 7.53. The minimum atomic E-state index is 0.191. The third-order valence-corrected chi connectivity index (χ3v) is 8.84. The molecule has 0 N–H and O–H groups in total. The number of alkyl halides is 1. The second-order valence-electron chi connectivity index (χ2n) is 7.42. The summed E-state index contributed by atoms with van der Waals surface area (Å²) in [5.41, 5.74) is 5.44. The predicted octanol–water partition coefficient (Wildman–Crippen LogP) is 5.63. The van der Waals surface area contributed by atoms with Crippen LogP contribution in [0.15, 0.2) is 34.8 Å². The van der Waals surface area contributed by atoms with Gasteiger partial charge in [-0.05, 0) is 58.7 Å². The van der Waals surface area contributed by atoms with Crippen LogP contribution in [0.2, 0.25) is 0 Å². The van der Waals surface area contributed by atoms with Crippen LogP contribution >= 0.6 is 31.9 Å². The van der Waals surface area contributed by atoms with E-state index < -0.39 is 0 Å². The molecule has 0 amide bonds. The minimum Gasteiger partial charge on any atom is -0.0798 e. The van der Waals surface area contributed by atoms with Gasteiger partial charge in [-0.3, -0.25) is 0 Å². The zero-order valence-corrected chi connectivity index (χ0v) is 15.2. The van der Waals surface area contributed by atoms with Gasteiger partial charge in [-0.25, -0.2) is 0 Å². The Hall–Kier alpha value is -0.0800. The standard InChI is InChI=1S/C18H20Br2/c1-16(2)14-7-8-18(16,20)15(11-19)17(14)9-12-5-3-4-6-13(12)10-17/h3-6,11,14H,7-10H2,1-2H3/b15-11-. The van der Waals surface area contributed by atoms with Gasteiger partial charge < -0.3 is 0 Å². The quantitative estimate of drug-likeness (QED) is 0.499. The van der Waals surface area contributed by atoms with Crippen LogP contribution in [0.1, 0.15) is 37.8 Å². The molecule has 2 saturated carbocycles. The summed E-state index contributed by atoms with van der Waals surface area (Å²) in [6.45, 7) is 4.93. The van der Waals surface area contributed by atoms with Crippen molar-refractivity contribution < 1.29 is 0 Å². The Kier molecular flexibility index (Phi) is 2.72. The average molecular weight is 396 g/mol. The SMILES string of the molecule is CC1(C)C2CCC1(Br)/C(=C\Br)C21Cc2ccccc2C1. The second-order valence-corrected chi connectivity index (χ2v) is 9.23. The van der Waals surface area contributed by atoms with E-state index in [0.717, 1.165) is 5.92 Å². The van der Waals surface area contributed by atoms with Gasteiger partial charge in [-0.1, -0.05) is 70.0 Å². The smallest absolute Gasteiger partial charge is 0.0533 e. The van der Waals surface area contributed by atoms with Gasteiger partial charge in [-0.2, -0.15) is 0 Å². The number of fused-ring (bicyclic) bond motifs is 4. The molecule has 0 heterocycles. The Labute approximate surface area is 138 Å². The lowest BCUT2D eigenvalue weighted by atomic mass is 9.67. The van der Waals surface area contributed by atoms with E-state index in [0.29, 0.717) is 10.8 Å². The molecule has 0 aromatic heterocycles. The lowest BCUT2D eigenvalue weighted by Gasteiger charge is -2.38. The summed E-state index contributed by atoms with van der Waals surface area (Å²) < 4.78 is 0.191. The molecule has 1 spiro atoms. The fourth-order valence-corrected chi connectivity index (χ4v) is 7.78. The van der Waals surface area contributed by atoms with Gasteiger partial charge >= 0.3 is 0 Å². The van der Waals surface area contributed by atoms with Crippen molar-refractivity contribution in [2.45, 2.75) is 43.9 Å². The van der Waals surface area contributed by atoms with E-state index in [1.807, 2.05) is 0 Å². The Morgan fingerprint density at radius 2 is 1.75 bits per heavy atom. The van der Waals surface area contributed by atoms with E-state index >= 15 is 0 Å². The summed E-state index contributed by atoms with van der Waals surface area (Å²) in [5, 5.41) is 0. The van der Waals surface area contributed by atoms with Crippen molar-refractivity contribution in [2.75, 3.05) is 0 Å². The molecule has 0 nitrogen and oxygen atoms in total. The molecule has 3 aliphatic carbocycles. The highest BCUT2D eigenvalue weighted by Gasteiger charge is 2.71. The third kappa shape index (κ3) is 1.34. The van der Waals surface area contributed by atoms with Crippen molar-refractivity contribution in [3.05, 3.63) is 46.0 Å². The molecule has 3 aliphatic rings. The first kappa shape index (κ1) is 13.6. The van der Waals surface area contributed by atoms with Crippen molar-refractivity contribution in [1.82, 2.24) is 0 Å². The molecule has 0 saturated heterocycles. The molecule has 2 heteroatoms. The molecule has 1 aromatic rings. The van der Waals surface area contributed by atoms with Crippen molar-refractivity contribution in [2.24, 2.45) is 16.7 Å². The molecular weight excluding hydrogens is 376 g/mol. The molecule has 0 aliphatic heterocycles. The largest absolute Gasteiger partial charge is 0.0798 e. The second kappa shape index (κ2) is 4.01. The van der Waals surface area contributed by atoms with Gasteiger partial charge in [0.15, 0.2) is 0 Å². The Balaban J connectivity index is 1.89. The number of rotatable bonds is 0. The molecule has 2 fully saturated rings. The molecule has 4 rings (SSSR count). The van der Waals surface area contributed by atoms with Crippen molar-refractivity contribution >= 4 is 31.9 Å². The Morgan fingerprint density at radius 3 is 2.30 bits per heavy atom. The van der Waals surface area contributed by atoms with Crippen LogP contribution in [0.25, 0.3) is 0 Å². The van der Waals surface area contributed by atoms with E-state index in [1.165, 1.54) is 25.7 Å². The maximum atomic E-state index is 4.17. The lowest BCUT2D eigenvalue weighted by Crippen LogP contribution is -2.34. The minimum absolute atomic E-state index is 0.191. The van der Waals surface area contributed by atoms with E-state index in [2.05, 4.69) is 75.0 Å². The molecule has 2 bridgehead atoms. The number of halogens is 2. The third-order valence-electron chi connectivity index (χ3n) is 6.54. The first-order valence-corrected chi connectivity index (χ1v) is 9.24. The normalized spacial score (nSPS) is 37.8. The van der Waals surface area contributed by atoms with Crippen molar-refractivity contribution in [3.63, 3.8) is 0 Å². The van der Waals surface area contributed by atoms with Gasteiger partial charge in [0.25, 0.3) is 0 Å². The molecular formula is C18H20Br2. The number of benzene rings is 1. The predicted molar refractivity (Wildman–Crippen MR) is 91.5 cm³/mol. The van der Waals surface area contributed by atoms with Gasteiger partial charge in [-0.15, -0.1) is 0 Å². The van der Waals surface area contributed by atoms with E-state index in [1.54, 1.807) is 16.7 Å². The highest BCUT2D eigenvalue weighted by atomic mass is 79.9. The highest BCUT2D eigenvalue weighted by Crippen LogP contribution is 2.76. The monoisotopic (exact) mass is 394 g/mol. The summed E-state index contributed by atoms with van der Waals surface area (Å²) in [6.07, 6.45) is 5.08. The number of allylic oxidation sites excluding steroid dienone is 1. The maximum absolute atomic E-state index is 4.17. The topological polar surface area (TPSA) is 0 Å². The van der Waals surface area contributed by atoms with Crippen LogP contribution in [0.4, 0.5) is 0 Å². The molecule has 106 valence electrons. The van der Waals surface area contributed by atoms with Crippen molar-refractivity contribution in [3.8, 4) is 0 Å². The van der Waals surface area contributed by atoms with Crippen LogP contribution in [0, 0.1) is 16.7 Å². The number of hydrogen-bond donors (Lipinski definition) is 0. The van der Waals surface area contributed by atoms with Crippen LogP contribution in [0.5, 0.6) is 0 Å². The average Bonchev–Trinajstić information content (AvgIpc) is 2.91. The van der Waals surface area contributed by atoms with Gasteiger partial charge in [0.05, 0.1) is 4.32 Å². The fourth-order valence-electron chi connectivity index (χ4n) is 5.61. The molecule has 2 atom stereocenters. The Morgan fingerprint density at radius 1 is 1.15 bits per heavy atom. The lowest BCUT2D eigenvalue weighted by molar-refractivity contribution is 0.164. The summed E-state index contributed by atoms with van der Waals surface area (Å²) in [4.78, 5) is 2.24. The Bertz CT molecular complexity index is 589. The zero-order valence-electron chi connectivity index (χ0n) is 12.0. The molecule has 1 aromatic carbocycles. The van der Waals surface area contributed by atoms with Gasteiger partial charge in [0.1, 0.15) is 0 Å². The van der Waals surface area contributed by atoms with Gasteiger partial charge in [0, 0.05) is 5.41 Å². The molecule has 20 heavy (non-hydrogen) atoms. The van der Waals surface area contributed by atoms with E-state index in [-0.39, 0.29) is 4.32 Å². The van der Waals surface area contributed by atoms with Crippen LogP contribution in [0.3, 0.4) is 0 Å². The fraction of sp³-hybridized carbons (Fsp3) is 0.556. The summed E-state index contributed by atoms with van der Waals surface area (Å²) in [5.74, 6) is 0.783. The van der Waals surface area contributed by atoms with E-state index in [9.17, 15) is 0 Å². The van der Waals surface area contributed by atoms with Crippen LogP contribution in [-0.4, -0.2) is 4.32 Å². The zero-order chi connectivity index (χ0) is 14.2. The number of hydrogen-bond acceptors (Lipinski definition) is 0. The summed E-state index contributed by atoms with van der Waals surface area (Å²) in [6, 6.07) is 9.04. The first-order chi connectivity index (χ1) is 9.46. The van der Waals surface area contributed by atoms with Crippen LogP contribution in [-0.2, 0) is 12.8 Å². The summed E-state index contributed by atoms with van der Waals surface area (Å²) in [7, 11) is 0. The highest BCUT2D eigenvalue weighted by molar-refractivity contribution is 9.11. The maximum Gasteiger partial charge on any atom is 0.0533 e.